The molecule has 0 saturated carbocycles. The van der Waals surface area contributed by atoms with Crippen molar-refractivity contribution in [2.24, 2.45) is 0 Å². The van der Waals surface area contributed by atoms with Gasteiger partial charge in [0.25, 0.3) is 5.91 Å². The topological polar surface area (TPSA) is 70.6 Å². The minimum absolute atomic E-state index is 0.0102. The zero-order valence-corrected chi connectivity index (χ0v) is 18.1. The summed E-state index contributed by atoms with van der Waals surface area (Å²) in [7, 11) is 1.58. The van der Waals surface area contributed by atoms with E-state index in [4.69, 9.17) is 9.72 Å². The van der Waals surface area contributed by atoms with Gasteiger partial charge < -0.3 is 19.9 Å². The molecule has 3 aromatic rings. The molecule has 1 saturated heterocycles. The molecule has 31 heavy (non-hydrogen) atoms. The number of hydrogen-bond donors (Lipinski definition) is 1. The summed E-state index contributed by atoms with van der Waals surface area (Å²) in [5, 5.41) is 3.36. The summed E-state index contributed by atoms with van der Waals surface area (Å²) >= 11 is 0. The number of hydrogen-bond acceptors (Lipinski definition) is 6. The fraction of sp³-hybridized carbons (Fsp3) is 0.292. The molecule has 0 aliphatic carbocycles. The van der Waals surface area contributed by atoms with Gasteiger partial charge in [-0.1, -0.05) is 29.8 Å². The highest BCUT2D eigenvalue weighted by atomic mass is 16.5. The summed E-state index contributed by atoms with van der Waals surface area (Å²) in [6, 6.07) is 17.5. The number of carbonyl (C=O) groups excluding carboxylic acids is 1. The van der Waals surface area contributed by atoms with Crippen LogP contribution < -0.4 is 15.0 Å². The maximum absolute atomic E-state index is 12.9. The van der Waals surface area contributed by atoms with Gasteiger partial charge in [-0.2, -0.15) is 4.98 Å². The average Bonchev–Trinajstić information content (AvgIpc) is 2.80. The highest BCUT2D eigenvalue weighted by Gasteiger charge is 2.25. The number of aryl methyl sites for hydroxylation is 2. The average molecular weight is 418 g/mol. The van der Waals surface area contributed by atoms with Crippen molar-refractivity contribution in [3.63, 3.8) is 0 Å². The minimum Gasteiger partial charge on any atom is -0.496 e. The molecule has 7 heteroatoms. The quantitative estimate of drug-likeness (QED) is 0.681. The van der Waals surface area contributed by atoms with E-state index in [0.717, 1.165) is 17.2 Å². The van der Waals surface area contributed by atoms with E-state index in [1.807, 2.05) is 48.2 Å². The van der Waals surface area contributed by atoms with Crippen LogP contribution in [-0.4, -0.2) is 54.1 Å². The molecule has 160 valence electrons. The molecule has 0 radical (unpaired) electrons. The van der Waals surface area contributed by atoms with Crippen LogP contribution in [0.5, 0.6) is 5.75 Å². The molecular weight excluding hydrogens is 390 g/mol. The molecule has 1 amide bonds. The van der Waals surface area contributed by atoms with Gasteiger partial charge in [-0.25, -0.2) is 4.98 Å². The summed E-state index contributed by atoms with van der Waals surface area (Å²) in [6.45, 7) is 6.59. The van der Waals surface area contributed by atoms with E-state index in [9.17, 15) is 4.79 Å². The molecule has 0 bridgehead atoms. The van der Waals surface area contributed by atoms with Crippen molar-refractivity contribution >= 4 is 23.4 Å². The van der Waals surface area contributed by atoms with Crippen molar-refractivity contribution in [3.05, 3.63) is 71.4 Å². The van der Waals surface area contributed by atoms with Crippen LogP contribution in [0.25, 0.3) is 0 Å². The third-order valence-electron chi connectivity index (χ3n) is 5.35. The first-order valence-corrected chi connectivity index (χ1v) is 10.4. The van der Waals surface area contributed by atoms with Crippen LogP contribution in [0, 0.1) is 13.8 Å². The van der Waals surface area contributed by atoms with Gasteiger partial charge in [-0.3, -0.25) is 4.79 Å². The molecule has 1 aromatic heterocycles. The second-order valence-electron chi connectivity index (χ2n) is 7.67. The second kappa shape index (κ2) is 9.04. The number of ether oxygens (including phenoxy) is 1. The number of nitrogens with one attached hydrogen (secondary N) is 1. The Morgan fingerprint density at radius 2 is 1.68 bits per heavy atom. The lowest BCUT2D eigenvalue weighted by Gasteiger charge is -2.35. The van der Waals surface area contributed by atoms with Crippen LogP contribution in [0.4, 0.5) is 17.5 Å². The smallest absolute Gasteiger partial charge is 0.257 e. The number of piperazine rings is 1. The number of carbonyl (C=O) groups is 1. The fourth-order valence-electron chi connectivity index (χ4n) is 3.64. The van der Waals surface area contributed by atoms with Crippen molar-refractivity contribution in [2.75, 3.05) is 43.5 Å². The third-order valence-corrected chi connectivity index (χ3v) is 5.35. The van der Waals surface area contributed by atoms with Gasteiger partial charge >= 0.3 is 0 Å². The van der Waals surface area contributed by atoms with Crippen molar-refractivity contribution in [1.29, 1.82) is 0 Å². The lowest BCUT2D eigenvalue weighted by atomic mass is 10.1. The van der Waals surface area contributed by atoms with Gasteiger partial charge in [0, 0.05) is 43.6 Å². The summed E-state index contributed by atoms with van der Waals surface area (Å²) in [4.78, 5) is 26.3. The zero-order valence-electron chi connectivity index (χ0n) is 18.1. The van der Waals surface area contributed by atoms with E-state index in [1.165, 1.54) is 5.56 Å². The summed E-state index contributed by atoms with van der Waals surface area (Å²) in [5.41, 5.74) is 3.69. The van der Waals surface area contributed by atoms with E-state index in [1.54, 1.807) is 13.2 Å². The Kier molecular flexibility index (Phi) is 6.02. The van der Waals surface area contributed by atoms with Gasteiger partial charge in [0.05, 0.1) is 12.7 Å². The first-order chi connectivity index (χ1) is 15.0. The second-order valence-corrected chi connectivity index (χ2v) is 7.67. The molecule has 2 aromatic carbocycles. The number of methoxy groups -OCH3 is 1. The molecule has 1 aliphatic heterocycles. The SMILES string of the molecule is COc1ccccc1C(=O)N1CCN(c2nc(C)cc(Nc3ccc(C)cc3)n2)CC1. The van der Waals surface area contributed by atoms with E-state index < -0.39 is 0 Å². The summed E-state index contributed by atoms with van der Waals surface area (Å²) in [5.74, 6) is 2.03. The van der Waals surface area contributed by atoms with Gasteiger partial charge in [0.15, 0.2) is 0 Å². The monoisotopic (exact) mass is 417 g/mol. The van der Waals surface area contributed by atoms with Crippen LogP contribution in [-0.2, 0) is 0 Å². The number of rotatable bonds is 5. The molecular formula is C24H27N5O2. The molecule has 2 heterocycles. The summed E-state index contributed by atoms with van der Waals surface area (Å²) < 4.78 is 5.34. The van der Waals surface area contributed by atoms with Gasteiger partial charge in [-0.05, 0) is 38.1 Å². The maximum atomic E-state index is 12.9. The Morgan fingerprint density at radius 3 is 2.39 bits per heavy atom. The van der Waals surface area contributed by atoms with Crippen LogP contribution >= 0.6 is 0 Å². The summed E-state index contributed by atoms with van der Waals surface area (Å²) in [6.07, 6.45) is 0. The first kappa shape index (κ1) is 20.7. The van der Waals surface area contributed by atoms with E-state index in [-0.39, 0.29) is 5.91 Å². The zero-order chi connectivity index (χ0) is 21.8. The van der Waals surface area contributed by atoms with Crippen LogP contribution in [0.2, 0.25) is 0 Å². The number of para-hydroxylation sites is 1. The van der Waals surface area contributed by atoms with Crippen molar-refractivity contribution in [2.45, 2.75) is 13.8 Å². The lowest BCUT2D eigenvalue weighted by Crippen LogP contribution is -2.49. The van der Waals surface area contributed by atoms with Crippen LogP contribution in [0.15, 0.2) is 54.6 Å². The van der Waals surface area contributed by atoms with Crippen LogP contribution in [0.3, 0.4) is 0 Å². The van der Waals surface area contributed by atoms with Crippen molar-refractivity contribution in [3.8, 4) is 5.75 Å². The third kappa shape index (κ3) is 4.77. The van der Waals surface area contributed by atoms with Gasteiger partial charge in [-0.15, -0.1) is 0 Å². The van der Waals surface area contributed by atoms with Gasteiger partial charge in [0.1, 0.15) is 11.6 Å². The number of benzene rings is 2. The minimum atomic E-state index is -0.0102. The number of amides is 1. The Hall–Kier alpha value is -3.61. The first-order valence-electron chi connectivity index (χ1n) is 10.4. The van der Waals surface area contributed by atoms with Gasteiger partial charge in [0.2, 0.25) is 5.95 Å². The Balaban J connectivity index is 1.44. The molecule has 0 atom stereocenters. The number of anilines is 3. The van der Waals surface area contributed by atoms with Crippen molar-refractivity contribution in [1.82, 2.24) is 14.9 Å². The molecule has 0 spiro atoms. The highest BCUT2D eigenvalue weighted by Crippen LogP contribution is 2.22. The standard InChI is InChI=1S/C24H27N5O2/c1-17-8-10-19(11-9-17)26-22-16-18(2)25-24(27-22)29-14-12-28(13-15-29)23(30)20-6-4-5-7-21(20)31-3/h4-11,16H,12-15H2,1-3H3,(H,25,26,27). The maximum Gasteiger partial charge on any atom is 0.257 e. The molecule has 4 rings (SSSR count). The largest absolute Gasteiger partial charge is 0.496 e. The molecule has 1 aliphatic rings. The predicted octanol–water partition coefficient (Wildman–Crippen LogP) is 3.81. The van der Waals surface area contributed by atoms with Crippen molar-refractivity contribution < 1.29 is 9.53 Å². The Labute approximate surface area is 182 Å². The molecule has 0 unspecified atom stereocenters. The number of aromatic nitrogens is 2. The van der Waals surface area contributed by atoms with E-state index in [0.29, 0.717) is 43.4 Å². The van der Waals surface area contributed by atoms with Crippen LogP contribution in [0.1, 0.15) is 21.6 Å². The molecule has 1 N–H and O–H groups in total. The van der Waals surface area contributed by atoms with E-state index in [2.05, 4.69) is 34.3 Å². The highest BCUT2D eigenvalue weighted by molar-refractivity contribution is 5.97. The Bertz CT molecular complexity index is 1060. The molecule has 7 nitrogen and oxygen atoms in total. The predicted molar refractivity (Wildman–Crippen MR) is 122 cm³/mol. The fourth-order valence-corrected chi connectivity index (χ4v) is 3.64. The van der Waals surface area contributed by atoms with E-state index >= 15 is 0 Å². The molecule has 1 fully saturated rings. The number of nitrogens with zero attached hydrogens (tertiary/aromatic N) is 4. The Morgan fingerprint density at radius 1 is 0.968 bits per heavy atom. The normalized spacial score (nSPS) is 13.8. The lowest BCUT2D eigenvalue weighted by molar-refractivity contribution is 0.0743.